The molecule has 8 aromatic heterocycles. The smallest absolute Gasteiger partial charge is 0.281 e. The first-order valence-corrected chi connectivity index (χ1v) is 53.1. The first-order chi connectivity index (χ1) is 68.0. The lowest BCUT2D eigenvalue weighted by Gasteiger charge is -2.34. The minimum Gasteiger partial charge on any atom is -0.485 e. The van der Waals surface area contributed by atoms with Gasteiger partial charge in [0.15, 0.2) is 37.5 Å². The number of amides is 4. The van der Waals surface area contributed by atoms with Crippen molar-refractivity contribution < 1.29 is 75.8 Å². The maximum absolute atomic E-state index is 14.8. The highest BCUT2D eigenvalue weighted by Crippen LogP contribution is 2.44. The maximum Gasteiger partial charge on any atom is 0.281 e. The SMILES string of the molecule is C#Cc1ccc(COc2cccc(S(=O)(=O)NC(=O)c3cccnc3N3CC(C)CC3(C)C)n2)cc1.CC(C)Oc1c(F)cc(-c2ccc(C(=O)NS(=O)(=O)c3cccc(N)n3)c(N3C[C@@H](C)CC3(C)C)n2)cc1F.CC1CN(c2ncccc2C(=O)NS(=O)(=O)c2cccc(N3CCCC3C)n2)C(C)(C)C1.CC1CN(c2ncccc2C(=O)NS(=O)(=O)c2cccc(Oc3ccc4ccccc4c3)n2)C(C)(C)C1. The number of rotatable bonds is 25. The number of anilines is 6. The van der Waals surface area contributed by atoms with Gasteiger partial charge in [0.2, 0.25) is 11.8 Å². The van der Waals surface area contributed by atoms with Crippen LogP contribution in [0.3, 0.4) is 0 Å². The highest BCUT2D eigenvalue weighted by Gasteiger charge is 2.45. The molecule has 5 aliphatic rings. The van der Waals surface area contributed by atoms with Crippen LogP contribution in [0.25, 0.3) is 22.0 Å². The van der Waals surface area contributed by atoms with Gasteiger partial charge in [-0.25, -0.2) is 57.6 Å². The second kappa shape index (κ2) is 43.1. The summed E-state index contributed by atoms with van der Waals surface area (Å²) in [7, 11) is -17.0. The number of carbonyl (C=O) groups excluding carboxylic acids is 4. The third-order valence-corrected chi connectivity index (χ3v) is 30.3. The molecule has 17 rings (SSSR count). The van der Waals surface area contributed by atoms with Crippen molar-refractivity contribution in [2.45, 2.75) is 203 Å². The van der Waals surface area contributed by atoms with Crippen molar-refractivity contribution in [3.8, 4) is 46.9 Å². The predicted octanol–water partition coefficient (Wildman–Crippen LogP) is 16.7. The summed E-state index contributed by atoms with van der Waals surface area (Å²) in [5, 5.41) is 0.827. The van der Waals surface area contributed by atoms with Gasteiger partial charge in [0.05, 0.1) is 34.1 Å². The summed E-state index contributed by atoms with van der Waals surface area (Å²) < 4.78 is 159. The highest BCUT2D eigenvalue weighted by molar-refractivity contribution is 7.90. The van der Waals surface area contributed by atoms with Crippen LogP contribution in [-0.2, 0) is 46.7 Å². The topological polar surface area (TPSA) is 426 Å². The Labute approximate surface area is 839 Å². The number of nitrogens with two attached hydrogens (primary N) is 1. The number of ether oxygens (including phenoxy) is 3. The fraction of sp³-hybridized carbons (Fsp3) is 0.352. The van der Waals surface area contributed by atoms with Crippen LogP contribution in [0.2, 0.25) is 0 Å². The molecule has 0 spiro atoms. The molecular formula is C105H118F2N18O15S4. The minimum absolute atomic E-state index is 0.0193. The van der Waals surface area contributed by atoms with Crippen molar-refractivity contribution in [2.75, 3.05) is 63.0 Å². The van der Waals surface area contributed by atoms with Gasteiger partial charge in [-0.05, 0) is 276 Å². The average molecular weight is 2040 g/mol. The number of carbonyl (C=O) groups is 4. The molecule has 5 atom stereocenters. The number of aromatic nitrogens is 8. The zero-order chi connectivity index (χ0) is 104. The summed E-state index contributed by atoms with van der Waals surface area (Å²) >= 11 is 0. The van der Waals surface area contributed by atoms with E-state index >= 15 is 0 Å². The van der Waals surface area contributed by atoms with Crippen LogP contribution in [0.4, 0.5) is 43.7 Å². The molecule has 6 N–H and O–H groups in total. The van der Waals surface area contributed by atoms with E-state index in [1.807, 2.05) is 72.0 Å². The molecule has 0 saturated carbocycles. The lowest BCUT2D eigenvalue weighted by Crippen LogP contribution is -2.41. The molecule has 4 unspecified atom stereocenters. The van der Waals surface area contributed by atoms with Crippen LogP contribution >= 0.6 is 0 Å². The summed E-state index contributed by atoms with van der Waals surface area (Å²) in [6.45, 7) is 34.2. The summed E-state index contributed by atoms with van der Waals surface area (Å²) in [6, 6.07) is 53.3. The number of fused-ring (bicyclic) bond motifs is 1. The van der Waals surface area contributed by atoms with Gasteiger partial charge in [-0.3, -0.25) is 19.2 Å². The number of pyridine rings is 8. The molecule has 0 aliphatic carbocycles. The van der Waals surface area contributed by atoms with Crippen molar-refractivity contribution in [3.05, 3.63) is 264 Å². The Hall–Kier alpha value is -14.4. The van der Waals surface area contributed by atoms with Crippen LogP contribution in [0.15, 0.2) is 239 Å². The van der Waals surface area contributed by atoms with Gasteiger partial charge in [0.1, 0.15) is 47.3 Å². The Bertz CT molecular complexity index is 7340. The van der Waals surface area contributed by atoms with Crippen molar-refractivity contribution >= 4 is 109 Å². The van der Waals surface area contributed by atoms with Crippen LogP contribution < -0.4 is 63.3 Å². The Morgan fingerprint density at radius 2 is 0.868 bits per heavy atom. The molecule has 0 radical (unpaired) electrons. The van der Waals surface area contributed by atoms with Crippen LogP contribution in [0.1, 0.15) is 195 Å². The molecule has 5 fully saturated rings. The first kappa shape index (κ1) is 105. The number of halogens is 2. The Morgan fingerprint density at radius 1 is 0.458 bits per heavy atom. The number of benzene rings is 4. The molecular weight excluding hydrogens is 1920 g/mol. The zero-order valence-corrected chi connectivity index (χ0v) is 86.0. The third kappa shape index (κ3) is 24.9. The van der Waals surface area contributed by atoms with E-state index in [4.69, 9.17) is 26.4 Å². The molecule has 12 aromatic rings. The zero-order valence-electron chi connectivity index (χ0n) is 82.7. The van der Waals surface area contributed by atoms with Crippen molar-refractivity contribution in [1.29, 1.82) is 0 Å². The van der Waals surface area contributed by atoms with E-state index < -0.39 is 97.8 Å². The minimum atomic E-state index is -4.35. The van der Waals surface area contributed by atoms with Crippen LogP contribution in [0.5, 0.6) is 23.3 Å². The fourth-order valence-corrected chi connectivity index (χ4v) is 22.9. The highest BCUT2D eigenvalue weighted by atomic mass is 32.2. The third-order valence-electron chi connectivity index (χ3n) is 25.3. The van der Waals surface area contributed by atoms with E-state index in [1.54, 1.807) is 111 Å². The van der Waals surface area contributed by atoms with Gasteiger partial charge in [-0.1, -0.05) is 100 Å². The molecule has 0 bridgehead atoms. The predicted molar refractivity (Wildman–Crippen MR) is 548 cm³/mol. The largest absolute Gasteiger partial charge is 0.485 e. The Kier molecular flexibility index (Phi) is 31.5. The van der Waals surface area contributed by atoms with Crippen LogP contribution in [0, 0.1) is 47.6 Å². The van der Waals surface area contributed by atoms with E-state index in [-0.39, 0.29) is 101 Å². The van der Waals surface area contributed by atoms with Crippen molar-refractivity contribution in [3.63, 3.8) is 0 Å². The number of hydrogen-bond acceptors (Lipinski definition) is 29. The van der Waals surface area contributed by atoms with Gasteiger partial charge in [-0.2, -0.15) is 43.6 Å². The van der Waals surface area contributed by atoms with Crippen molar-refractivity contribution in [1.82, 2.24) is 58.8 Å². The van der Waals surface area contributed by atoms with Gasteiger partial charge in [0, 0.05) is 103 Å². The molecule has 5 aliphatic heterocycles. The fourth-order valence-electron chi connectivity index (χ4n) is 19.2. The van der Waals surface area contributed by atoms with E-state index in [9.17, 15) is 61.6 Å². The van der Waals surface area contributed by atoms with Gasteiger partial charge in [-0.15, -0.1) is 6.42 Å². The van der Waals surface area contributed by atoms with E-state index in [0.717, 1.165) is 98.7 Å². The number of terminal acetylenes is 1. The molecule has 4 amide bonds. The molecule has 13 heterocycles. The number of nitrogens with zero attached hydrogens (tertiary/aromatic N) is 13. The van der Waals surface area contributed by atoms with E-state index in [2.05, 4.69) is 156 Å². The lowest BCUT2D eigenvalue weighted by molar-refractivity contribution is 0.0972. The normalized spacial score (nSPS) is 18.3. The average Bonchev–Trinajstić information content (AvgIpc) is 1.59. The standard InChI is InChI=1S/C28H28N4O4S.C27H31F2N5O4S.C27H28N4O4S.C23H31N5O3S/c1-19-17-28(2,3)32(18-19)26-23(10-7-15-29-26)27(33)31-37(34,35)25-12-6-11-24(30-25)36-22-14-13-20-8-4-5-9-21(20)16-22;1-15(2)38-24-19(28)11-17(12-20(24)29)21-10-9-18(25(31-21)34-14-16(3)13-27(34,4)5)26(35)33-39(36,37)23-8-6-7-22(30)32-23;1-5-20-11-13-21(14-12-20)18-35-23-9-6-10-24(29-23)36(33,34)30-26(32)22-8-7-15-28-25(22)31-17-19(2)16-27(31,3)4;1-16-14-23(3,4)28(15-16)21-18(9-6-12-24-21)22(29)26-32(30,31)20-11-5-10-19(25-20)27-13-7-8-17(27)2/h4-16,19H,17-18H2,1-3H3,(H,31,33);6-12,15-16H,13-14H2,1-5H3,(H2,30,32)(H,33,35);1,6-15,19H,16-18H2,2-4H3,(H,30,32);5-6,9-12,16-17H,7-8,13-15H2,1-4H3,(H,26,29)/t;16-;;/m.0../s1. The molecule has 4 aromatic carbocycles. The Balaban J connectivity index is 0.000000152. The summed E-state index contributed by atoms with van der Waals surface area (Å²) in [5.74, 6) is 1.60. The number of nitrogens with one attached hydrogen (secondary N) is 4. The summed E-state index contributed by atoms with van der Waals surface area (Å²) in [5.41, 5.74) is 7.11. The second-order valence-corrected chi connectivity index (χ2v) is 46.1. The first-order valence-electron chi connectivity index (χ1n) is 47.1. The number of sulfonamides is 4. The monoisotopic (exact) mass is 2040 g/mol. The number of hydrogen-bond donors (Lipinski definition) is 5. The van der Waals surface area contributed by atoms with Crippen molar-refractivity contribution in [2.24, 2.45) is 23.7 Å². The van der Waals surface area contributed by atoms with Gasteiger partial charge >= 0.3 is 0 Å². The quantitative estimate of drug-likeness (QED) is 0.0332. The molecule has 5 saturated heterocycles. The summed E-state index contributed by atoms with van der Waals surface area (Å²) in [4.78, 5) is 97.3. The van der Waals surface area contributed by atoms with Gasteiger partial charge in [0.25, 0.3) is 63.7 Å². The van der Waals surface area contributed by atoms with E-state index in [0.29, 0.717) is 59.4 Å². The van der Waals surface area contributed by atoms with Crippen LogP contribution in [-0.4, -0.2) is 164 Å². The molecule has 756 valence electrons. The molecule has 144 heavy (non-hydrogen) atoms. The maximum atomic E-state index is 14.8. The molecule has 39 heteroatoms. The lowest BCUT2D eigenvalue weighted by atomic mass is 9.97. The molecule has 33 nitrogen and oxygen atoms in total. The summed E-state index contributed by atoms with van der Waals surface area (Å²) in [6.07, 6.45) is 15.5. The van der Waals surface area contributed by atoms with Gasteiger partial charge < -0.3 is 44.4 Å². The van der Waals surface area contributed by atoms with E-state index in [1.165, 1.54) is 60.7 Å². The Morgan fingerprint density at radius 3 is 1.29 bits per heavy atom. The number of nitrogen functional groups attached to an aromatic ring is 1. The second-order valence-electron chi connectivity index (χ2n) is 39.6.